The van der Waals surface area contributed by atoms with E-state index in [1.807, 2.05) is 97.1 Å². The quantitative estimate of drug-likeness (QED) is 0.485. The van der Waals surface area contributed by atoms with Gasteiger partial charge in [-0.25, -0.2) is 5.48 Å². The third-order valence-corrected chi connectivity index (χ3v) is 4.17. The molecule has 0 saturated carbocycles. The molecule has 0 aromatic heterocycles. The van der Waals surface area contributed by atoms with Crippen LogP contribution in [0.3, 0.4) is 0 Å². The molecular formula is C23H21NO3. The number of hydrogen-bond donors (Lipinski definition) is 2. The fourth-order valence-electron chi connectivity index (χ4n) is 2.85. The Labute approximate surface area is 158 Å². The van der Waals surface area contributed by atoms with Crippen LogP contribution < -0.4 is 10.2 Å². The number of nitrogens with one attached hydrogen (secondary N) is 1. The van der Waals surface area contributed by atoms with Crippen molar-refractivity contribution in [2.45, 2.75) is 5.92 Å². The molecule has 4 nitrogen and oxygen atoms in total. The number of carbonyl (C=O) groups is 1. The normalized spacial score (nSPS) is 11.9. The van der Waals surface area contributed by atoms with E-state index in [9.17, 15) is 4.79 Å². The molecule has 136 valence electrons. The summed E-state index contributed by atoms with van der Waals surface area (Å²) in [4.78, 5) is 12.1. The van der Waals surface area contributed by atoms with Crippen molar-refractivity contribution in [3.8, 4) is 5.75 Å². The summed E-state index contributed by atoms with van der Waals surface area (Å²) in [6.07, 6.45) is 3.96. The molecule has 3 rings (SSSR count). The highest BCUT2D eigenvalue weighted by atomic mass is 16.5. The first-order chi connectivity index (χ1) is 13.3. The summed E-state index contributed by atoms with van der Waals surface area (Å²) >= 11 is 0. The van der Waals surface area contributed by atoms with Gasteiger partial charge in [-0.15, -0.1) is 0 Å². The lowest BCUT2D eigenvalue weighted by atomic mass is 9.91. The molecule has 1 atom stereocenters. The Morgan fingerprint density at radius 2 is 1.48 bits per heavy atom. The molecule has 1 unspecified atom stereocenters. The molecule has 0 aliphatic carbocycles. The molecule has 0 fully saturated rings. The van der Waals surface area contributed by atoms with Gasteiger partial charge in [-0.3, -0.25) is 10.0 Å². The van der Waals surface area contributed by atoms with E-state index in [-0.39, 0.29) is 0 Å². The van der Waals surface area contributed by atoms with E-state index >= 15 is 0 Å². The van der Waals surface area contributed by atoms with E-state index in [1.165, 1.54) is 0 Å². The average molecular weight is 359 g/mol. The Morgan fingerprint density at radius 3 is 2.11 bits per heavy atom. The van der Waals surface area contributed by atoms with Crippen LogP contribution in [-0.2, 0) is 4.79 Å². The third kappa shape index (κ3) is 5.06. The Hall–Kier alpha value is -3.37. The van der Waals surface area contributed by atoms with Gasteiger partial charge in [0.2, 0.25) is 0 Å². The van der Waals surface area contributed by atoms with E-state index in [0.29, 0.717) is 12.4 Å². The van der Waals surface area contributed by atoms with Crippen LogP contribution in [0.2, 0.25) is 0 Å². The Bertz CT molecular complexity index is 875. The van der Waals surface area contributed by atoms with Gasteiger partial charge in [0, 0.05) is 0 Å². The Kier molecular flexibility index (Phi) is 6.39. The maximum absolute atomic E-state index is 12.1. The number of hydrogen-bond acceptors (Lipinski definition) is 3. The van der Waals surface area contributed by atoms with E-state index in [1.54, 1.807) is 5.48 Å². The highest BCUT2D eigenvalue weighted by Crippen LogP contribution is 2.26. The van der Waals surface area contributed by atoms with Gasteiger partial charge >= 0.3 is 0 Å². The van der Waals surface area contributed by atoms with Gasteiger partial charge < -0.3 is 4.74 Å². The molecule has 0 heterocycles. The second-order valence-electron chi connectivity index (χ2n) is 6.01. The fourth-order valence-corrected chi connectivity index (χ4v) is 2.85. The molecule has 0 bridgehead atoms. The van der Waals surface area contributed by atoms with Crippen LogP contribution in [0.5, 0.6) is 5.75 Å². The van der Waals surface area contributed by atoms with E-state index in [2.05, 4.69) is 0 Å². The zero-order valence-corrected chi connectivity index (χ0v) is 14.8. The summed E-state index contributed by atoms with van der Waals surface area (Å²) in [6.45, 7) is 0.452. The minimum absolute atomic E-state index is 0.452. The molecular weight excluding hydrogens is 338 g/mol. The Morgan fingerprint density at radius 1 is 0.889 bits per heavy atom. The number of rotatable bonds is 7. The van der Waals surface area contributed by atoms with Crippen LogP contribution in [0, 0.1) is 0 Å². The number of benzene rings is 3. The first-order valence-corrected chi connectivity index (χ1v) is 8.71. The standard InChI is InChI=1S/C23H21NO3/c25-23(24-26)22(19-11-5-2-6-12-19)20-13-15-21(16-14-20)27-17-7-10-18-8-3-1-4-9-18/h1-16,22,26H,17H2,(H,24,25)/b10-7+. The largest absolute Gasteiger partial charge is 0.490 e. The second-order valence-corrected chi connectivity index (χ2v) is 6.01. The highest BCUT2D eigenvalue weighted by Gasteiger charge is 2.22. The van der Waals surface area contributed by atoms with E-state index in [4.69, 9.17) is 9.94 Å². The summed E-state index contributed by atoms with van der Waals surface area (Å²) in [5.41, 5.74) is 4.46. The molecule has 2 N–H and O–H groups in total. The third-order valence-electron chi connectivity index (χ3n) is 4.17. The van der Waals surface area contributed by atoms with Crippen molar-refractivity contribution >= 4 is 12.0 Å². The van der Waals surface area contributed by atoms with Crippen LogP contribution in [0.15, 0.2) is 91.0 Å². The molecule has 0 saturated heterocycles. The first-order valence-electron chi connectivity index (χ1n) is 8.71. The van der Waals surface area contributed by atoms with Gasteiger partial charge in [0.1, 0.15) is 12.4 Å². The fraction of sp³-hybridized carbons (Fsp3) is 0.0870. The van der Waals surface area contributed by atoms with E-state index in [0.717, 1.165) is 16.7 Å². The van der Waals surface area contributed by atoms with Gasteiger partial charge in [-0.05, 0) is 34.9 Å². The molecule has 1 amide bonds. The van der Waals surface area contributed by atoms with Gasteiger partial charge in [0.25, 0.3) is 5.91 Å². The van der Waals surface area contributed by atoms with Crippen molar-refractivity contribution in [1.29, 1.82) is 0 Å². The average Bonchev–Trinajstić information content (AvgIpc) is 2.74. The lowest BCUT2D eigenvalue weighted by Gasteiger charge is -2.16. The zero-order valence-electron chi connectivity index (χ0n) is 14.8. The predicted molar refractivity (Wildman–Crippen MR) is 106 cm³/mol. The van der Waals surface area contributed by atoms with Crippen molar-refractivity contribution in [2.24, 2.45) is 0 Å². The molecule has 0 aliphatic heterocycles. The van der Waals surface area contributed by atoms with Crippen LogP contribution in [-0.4, -0.2) is 17.7 Å². The molecule has 0 aliphatic rings. The molecule has 27 heavy (non-hydrogen) atoms. The zero-order chi connectivity index (χ0) is 18.9. The molecule has 3 aromatic rings. The molecule has 4 heteroatoms. The molecule has 3 aromatic carbocycles. The summed E-state index contributed by atoms with van der Waals surface area (Å²) < 4.78 is 5.72. The van der Waals surface area contributed by atoms with Crippen LogP contribution in [0.25, 0.3) is 6.08 Å². The lowest BCUT2D eigenvalue weighted by molar-refractivity contribution is -0.129. The molecule has 0 spiro atoms. The Balaban J connectivity index is 1.66. The number of amides is 1. The van der Waals surface area contributed by atoms with E-state index < -0.39 is 11.8 Å². The van der Waals surface area contributed by atoms with Gasteiger partial charge in [0.15, 0.2) is 0 Å². The van der Waals surface area contributed by atoms with Gasteiger partial charge in [-0.2, -0.15) is 0 Å². The van der Waals surface area contributed by atoms with Gasteiger partial charge in [-0.1, -0.05) is 78.9 Å². The highest BCUT2D eigenvalue weighted by molar-refractivity contribution is 5.86. The maximum Gasteiger partial charge on any atom is 0.255 e. The van der Waals surface area contributed by atoms with Crippen LogP contribution in [0.4, 0.5) is 0 Å². The minimum atomic E-state index is -0.580. The lowest BCUT2D eigenvalue weighted by Crippen LogP contribution is -2.27. The number of ether oxygens (including phenoxy) is 1. The van der Waals surface area contributed by atoms with Crippen molar-refractivity contribution in [1.82, 2.24) is 5.48 Å². The van der Waals surface area contributed by atoms with Crippen molar-refractivity contribution in [3.05, 3.63) is 108 Å². The first kappa shape index (κ1) is 18.4. The summed E-state index contributed by atoms with van der Waals surface area (Å²) in [5, 5.41) is 9.09. The van der Waals surface area contributed by atoms with Crippen molar-refractivity contribution in [2.75, 3.05) is 6.61 Å². The predicted octanol–water partition coefficient (Wildman–Crippen LogP) is 4.42. The smallest absolute Gasteiger partial charge is 0.255 e. The van der Waals surface area contributed by atoms with Crippen LogP contribution >= 0.6 is 0 Å². The maximum atomic E-state index is 12.1. The second kappa shape index (κ2) is 9.36. The summed E-state index contributed by atoms with van der Waals surface area (Å²) in [5.74, 6) is -0.337. The van der Waals surface area contributed by atoms with Crippen molar-refractivity contribution in [3.63, 3.8) is 0 Å². The number of hydroxylamine groups is 1. The SMILES string of the molecule is O=C(NO)C(c1ccccc1)c1ccc(OC/C=C/c2ccccc2)cc1. The summed E-state index contributed by atoms with van der Waals surface area (Å²) in [7, 11) is 0. The monoisotopic (exact) mass is 359 g/mol. The minimum Gasteiger partial charge on any atom is -0.490 e. The van der Waals surface area contributed by atoms with Crippen molar-refractivity contribution < 1.29 is 14.7 Å². The number of carbonyl (C=O) groups excluding carboxylic acids is 1. The van der Waals surface area contributed by atoms with Crippen LogP contribution in [0.1, 0.15) is 22.6 Å². The molecule has 0 radical (unpaired) electrons. The van der Waals surface area contributed by atoms with Gasteiger partial charge in [0.05, 0.1) is 5.92 Å². The summed E-state index contributed by atoms with van der Waals surface area (Å²) in [6, 6.07) is 26.7. The topological polar surface area (TPSA) is 58.6 Å².